The molecule has 2 nitrogen and oxygen atoms in total. The van der Waals surface area contributed by atoms with Crippen LogP contribution in [0.4, 0.5) is 10.1 Å². The Balaban J connectivity index is 2.31. The highest BCUT2D eigenvalue weighted by Gasteiger charge is 2.14. The van der Waals surface area contributed by atoms with E-state index in [0.29, 0.717) is 5.69 Å². The van der Waals surface area contributed by atoms with Gasteiger partial charge in [-0.05, 0) is 62.2 Å². The predicted octanol–water partition coefficient (Wildman–Crippen LogP) is 5.37. The van der Waals surface area contributed by atoms with E-state index in [1.165, 1.54) is 12.1 Å². The first-order chi connectivity index (χ1) is 8.99. The van der Waals surface area contributed by atoms with Crippen LogP contribution in [-0.4, -0.2) is 5.91 Å². The molecule has 0 heterocycles. The number of nitrogens with one attached hydrogen (secondary N) is 1. The van der Waals surface area contributed by atoms with Crippen molar-refractivity contribution in [2.45, 2.75) is 0 Å². The average Bonchev–Trinajstić information content (AvgIpc) is 2.37. The molecule has 0 unspecified atom stereocenters. The molecule has 0 saturated heterocycles. The standard InChI is InChI=1S/C13H7Br3FNO/c14-7-4-5-9(15)11(6-7)18-13(19)8-2-1-3-10(17)12(8)16/h1-6H,(H,18,19). The second kappa shape index (κ2) is 6.15. The first-order valence-corrected chi connectivity index (χ1v) is 7.57. The molecule has 0 spiro atoms. The first-order valence-electron chi connectivity index (χ1n) is 5.19. The molecule has 98 valence electrons. The molecule has 2 rings (SSSR count). The molecule has 0 aliphatic heterocycles. The number of rotatable bonds is 2. The van der Waals surface area contributed by atoms with Crippen molar-refractivity contribution in [3.05, 3.63) is 61.2 Å². The quantitative estimate of drug-likeness (QED) is 0.653. The Morgan fingerprint density at radius 2 is 1.84 bits per heavy atom. The molecule has 0 radical (unpaired) electrons. The Bertz CT molecular complexity index is 646. The van der Waals surface area contributed by atoms with Crippen molar-refractivity contribution in [1.82, 2.24) is 0 Å². The van der Waals surface area contributed by atoms with E-state index in [9.17, 15) is 9.18 Å². The monoisotopic (exact) mass is 449 g/mol. The van der Waals surface area contributed by atoms with Crippen LogP contribution >= 0.6 is 47.8 Å². The smallest absolute Gasteiger partial charge is 0.256 e. The molecular weight excluding hydrogens is 445 g/mol. The summed E-state index contributed by atoms with van der Waals surface area (Å²) in [5, 5.41) is 2.72. The van der Waals surface area contributed by atoms with E-state index >= 15 is 0 Å². The summed E-state index contributed by atoms with van der Waals surface area (Å²) in [6.45, 7) is 0. The molecule has 1 N–H and O–H groups in total. The molecule has 1 amide bonds. The molecular formula is C13H7Br3FNO. The van der Waals surface area contributed by atoms with Crippen LogP contribution < -0.4 is 5.32 Å². The van der Waals surface area contributed by atoms with E-state index in [-0.39, 0.29) is 15.9 Å². The van der Waals surface area contributed by atoms with Gasteiger partial charge in [-0.2, -0.15) is 0 Å². The lowest BCUT2D eigenvalue weighted by Crippen LogP contribution is -2.13. The Morgan fingerprint density at radius 1 is 1.11 bits per heavy atom. The van der Waals surface area contributed by atoms with E-state index < -0.39 is 5.82 Å². The predicted molar refractivity (Wildman–Crippen MR) is 83.9 cm³/mol. The highest BCUT2D eigenvalue weighted by molar-refractivity contribution is 9.11. The van der Waals surface area contributed by atoms with Crippen molar-refractivity contribution in [2.75, 3.05) is 5.32 Å². The second-order valence-electron chi connectivity index (χ2n) is 3.68. The number of carbonyl (C=O) groups excluding carboxylic acids is 1. The van der Waals surface area contributed by atoms with Crippen LogP contribution in [0, 0.1) is 5.82 Å². The molecule has 0 atom stereocenters. The van der Waals surface area contributed by atoms with E-state index in [0.717, 1.165) is 8.95 Å². The fraction of sp³-hybridized carbons (Fsp3) is 0. The molecule has 0 aromatic heterocycles. The van der Waals surface area contributed by atoms with Crippen LogP contribution in [0.25, 0.3) is 0 Å². The molecule has 0 fully saturated rings. The zero-order valence-corrected chi connectivity index (χ0v) is 14.1. The fourth-order valence-corrected chi connectivity index (χ4v) is 2.61. The molecule has 0 saturated carbocycles. The number of anilines is 1. The lowest BCUT2D eigenvalue weighted by molar-refractivity contribution is 0.102. The van der Waals surface area contributed by atoms with E-state index in [2.05, 4.69) is 53.1 Å². The summed E-state index contributed by atoms with van der Waals surface area (Å²) in [6, 6.07) is 9.74. The van der Waals surface area contributed by atoms with Gasteiger partial charge >= 0.3 is 0 Å². The number of hydrogen-bond acceptors (Lipinski definition) is 1. The SMILES string of the molecule is O=C(Nc1cc(Br)ccc1Br)c1cccc(F)c1Br. The maximum absolute atomic E-state index is 13.4. The third-order valence-electron chi connectivity index (χ3n) is 2.37. The van der Waals surface area contributed by atoms with Gasteiger partial charge in [-0.25, -0.2) is 4.39 Å². The summed E-state index contributed by atoms with van der Waals surface area (Å²) in [5.41, 5.74) is 0.849. The largest absolute Gasteiger partial charge is 0.321 e. The van der Waals surface area contributed by atoms with Gasteiger partial charge in [-0.3, -0.25) is 4.79 Å². The van der Waals surface area contributed by atoms with Gasteiger partial charge in [0.1, 0.15) is 5.82 Å². The zero-order chi connectivity index (χ0) is 14.0. The Hall–Kier alpha value is -0.720. The van der Waals surface area contributed by atoms with Gasteiger partial charge in [0.15, 0.2) is 0 Å². The summed E-state index contributed by atoms with van der Waals surface area (Å²) in [4.78, 5) is 12.1. The van der Waals surface area contributed by atoms with Gasteiger partial charge in [-0.1, -0.05) is 22.0 Å². The molecule has 2 aromatic rings. The molecule has 6 heteroatoms. The third kappa shape index (κ3) is 3.43. The summed E-state index contributed by atoms with van der Waals surface area (Å²) < 4.78 is 15.1. The van der Waals surface area contributed by atoms with Crippen molar-refractivity contribution in [3.8, 4) is 0 Å². The maximum atomic E-state index is 13.4. The Morgan fingerprint density at radius 3 is 2.58 bits per heavy atom. The molecule has 0 aliphatic carbocycles. The zero-order valence-electron chi connectivity index (χ0n) is 9.38. The maximum Gasteiger partial charge on any atom is 0.256 e. The highest BCUT2D eigenvalue weighted by atomic mass is 79.9. The number of hydrogen-bond donors (Lipinski definition) is 1. The van der Waals surface area contributed by atoms with E-state index in [1.807, 2.05) is 6.07 Å². The van der Waals surface area contributed by atoms with Crippen molar-refractivity contribution >= 4 is 59.4 Å². The van der Waals surface area contributed by atoms with Gasteiger partial charge in [0.2, 0.25) is 0 Å². The number of carbonyl (C=O) groups is 1. The summed E-state index contributed by atoms with van der Waals surface area (Å²) in [7, 11) is 0. The van der Waals surface area contributed by atoms with Gasteiger partial charge in [0, 0.05) is 8.95 Å². The van der Waals surface area contributed by atoms with Crippen molar-refractivity contribution in [3.63, 3.8) is 0 Å². The van der Waals surface area contributed by atoms with E-state index in [1.54, 1.807) is 18.2 Å². The molecule has 2 aromatic carbocycles. The lowest BCUT2D eigenvalue weighted by atomic mass is 10.2. The van der Waals surface area contributed by atoms with Gasteiger partial charge in [0.25, 0.3) is 5.91 Å². The third-order valence-corrected chi connectivity index (χ3v) is 4.36. The van der Waals surface area contributed by atoms with Gasteiger partial charge in [0.05, 0.1) is 15.7 Å². The normalized spacial score (nSPS) is 10.3. The van der Waals surface area contributed by atoms with Gasteiger partial charge in [-0.15, -0.1) is 0 Å². The first kappa shape index (κ1) is 14.7. The lowest BCUT2D eigenvalue weighted by Gasteiger charge is -2.09. The van der Waals surface area contributed by atoms with Crippen molar-refractivity contribution in [2.24, 2.45) is 0 Å². The van der Waals surface area contributed by atoms with Crippen LogP contribution in [0.3, 0.4) is 0 Å². The molecule has 19 heavy (non-hydrogen) atoms. The number of halogens is 4. The van der Waals surface area contributed by atoms with Crippen LogP contribution in [0.15, 0.2) is 49.8 Å². The minimum Gasteiger partial charge on any atom is -0.321 e. The fourth-order valence-electron chi connectivity index (χ4n) is 1.46. The topological polar surface area (TPSA) is 29.1 Å². The van der Waals surface area contributed by atoms with Crippen LogP contribution in [0.2, 0.25) is 0 Å². The van der Waals surface area contributed by atoms with E-state index in [4.69, 9.17) is 0 Å². The van der Waals surface area contributed by atoms with Crippen molar-refractivity contribution < 1.29 is 9.18 Å². The summed E-state index contributed by atoms with van der Waals surface area (Å²) in [6.07, 6.45) is 0. The Labute approximate surface area is 134 Å². The number of amides is 1. The number of benzene rings is 2. The second-order valence-corrected chi connectivity index (χ2v) is 6.24. The minimum absolute atomic E-state index is 0.151. The molecule has 0 bridgehead atoms. The summed E-state index contributed by atoms with van der Waals surface area (Å²) in [5.74, 6) is -0.855. The molecule has 0 aliphatic rings. The van der Waals surface area contributed by atoms with Crippen LogP contribution in [0.1, 0.15) is 10.4 Å². The van der Waals surface area contributed by atoms with Crippen LogP contribution in [-0.2, 0) is 0 Å². The Kier molecular flexibility index (Phi) is 4.76. The average molecular weight is 452 g/mol. The minimum atomic E-state index is -0.471. The highest BCUT2D eigenvalue weighted by Crippen LogP contribution is 2.28. The summed E-state index contributed by atoms with van der Waals surface area (Å²) >= 11 is 9.74. The van der Waals surface area contributed by atoms with Gasteiger partial charge < -0.3 is 5.32 Å². The van der Waals surface area contributed by atoms with Crippen LogP contribution in [0.5, 0.6) is 0 Å². The van der Waals surface area contributed by atoms with Crippen molar-refractivity contribution in [1.29, 1.82) is 0 Å².